The number of nitriles is 1. The Labute approximate surface area is 205 Å². The standard InChI is InChI=1S/C25H19N9O2/c1-15-6-4-9-20(30-15)31-24(36)19-12-16-7-2-3-8-18(16)21(22(19)35)32-33-23-17(13-26)14-29-34(23)25-27-10-5-11-28-25/h2-12,14,25,27,35H,1H3,(H,30,31,36). The van der Waals surface area contributed by atoms with Gasteiger partial charge in [0.25, 0.3) is 5.91 Å². The van der Waals surface area contributed by atoms with Crippen molar-refractivity contribution in [2.45, 2.75) is 13.2 Å². The van der Waals surface area contributed by atoms with Gasteiger partial charge in [0.15, 0.2) is 11.6 Å². The number of fused-ring (bicyclic) bond motifs is 1. The van der Waals surface area contributed by atoms with Gasteiger partial charge in [0.1, 0.15) is 23.1 Å². The van der Waals surface area contributed by atoms with Gasteiger partial charge in [-0.05, 0) is 36.6 Å². The van der Waals surface area contributed by atoms with E-state index in [9.17, 15) is 15.2 Å². The fourth-order valence-electron chi connectivity index (χ4n) is 3.69. The van der Waals surface area contributed by atoms with Gasteiger partial charge in [-0.3, -0.25) is 4.79 Å². The van der Waals surface area contributed by atoms with Crippen molar-refractivity contribution in [2.24, 2.45) is 15.2 Å². The Morgan fingerprint density at radius 2 is 2.08 bits per heavy atom. The van der Waals surface area contributed by atoms with Crippen LogP contribution in [0.15, 0.2) is 82.2 Å². The second-order valence-electron chi connectivity index (χ2n) is 7.80. The maximum Gasteiger partial charge on any atom is 0.260 e. The molecule has 4 aromatic rings. The van der Waals surface area contributed by atoms with Gasteiger partial charge in [0.2, 0.25) is 6.29 Å². The molecular weight excluding hydrogens is 458 g/mol. The van der Waals surface area contributed by atoms with Gasteiger partial charge in [-0.25, -0.2) is 14.7 Å². The summed E-state index contributed by atoms with van der Waals surface area (Å²) in [5, 5.41) is 40.3. The molecule has 0 saturated heterocycles. The van der Waals surface area contributed by atoms with Crippen LogP contribution in [0.2, 0.25) is 0 Å². The Bertz CT molecular complexity index is 1610. The molecule has 3 N–H and O–H groups in total. The average molecular weight is 477 g/mol. The molecule has 176 valence electrons. The Morgan fingerprint density at radius 3 is 2.86 bits per heavy atom. The van der Waals surface area contributed by atoms with Crippen LogP contribution in [0.4, 0.5) is 17.3 Å². The second-order valence-corrected chi connectivity index (χ2v) is 7.80. The monoisotopic (exact) mass is 477 g/mol. The highest BCUT2D eigenvalue weighted by Crippen LogP contribution is 2.40. The minimum absolute atomic E-state index is 0.00338. The van der Waals surface area contributed by atoms with E-state index in [2.05, 4.69) is 35.9 Å². The van der Waals surface area contributed by atoms with Crippen LogP contribution in [0.1, 0.15) is 27.9 Å². The van der Waals surface area contributed by atoms with Crippen LogP contribution in [-0.4, -0.2) is 32.0 Å². The van der Waals surface area contributed by atoms with Crippen molar-refractivity contribution in [1.82, 2.24) is 20.1 Å². The Morgan fingerprint density at radius 1 is 1.22 bits per heavy atom. The average Bonchev–Trinajstić information content (AvgIpc) is 3.31. The highest BCUT2D eigenvalue weighted by molar-refractivity contribution is 6.11. The van der Waals surface area contributed by atoms with Crippen molar-refractivity contribution >= 4 is 40.2 Å². The number of carbonyl (C=O) groups excluding carboxylic acids is 1. The number of aryl methyl sites for hydroxylation is 1. The number of nitrogens with zero attached hydrogens (tertiary/aromatic N) is 7. The number of rotatable bonds is 5. The minimum Gasteiger partial charge on any atom is -0.505 e. The summed E-state index contributed by atoms with van der Waals surface area (Å²) in [4.78, 5) is 21.6. The van der Waals surface area contributed by atoms with Crippen LogP contribution in [0.3, 0.4) is 0 Å². The van der Waals surface area contributed by atoms with Crippen molar-refractivity contribution in [3.8, 4) is 11.8 Å². The molecule has 1 aliphatic heterocycles. The van der Waals surface area contributed by atoms with Crippen molar-refractivity contribution in [2.75, 3.05) is 5.32 Å². The zero-order valence-corrected chi connectivity index (χ0v) is 19.0. The zero-order chi connectivity index (χ0) is 25.1. The number of amides is 1. The van der Waals surface area contributed by atoms with Crippen LogP contribution >= 0.6 is 0 Å². The van der Waals surface area contributed by atoms with Crippen LogP contribution in [0, 0.1) is 18.3 Å². The summed E-state index contributed by atoms with van der Waals surface area (Å²) in [6.45, 7) is 1.81. The third-order valence-electron chi connectivity index (χ3n) is 5.39. The van der Waals surface area contributed by atoms with Crippen LogP contribution < -0.4 is 10.6 Å². The van der Waals surface area contributed by atoms with Gasteiger partial charge in [0.05, 0.1) is 11.8 Å². The first kappa shape index (κ1) is 22.4. The quantitative estimate of drug-likeness (QED) is 0.356. The van der Waals surface area contributed by atoms with Crippen molar-refractivity contribution < 1.29 is 9.90 Å². The number of aromatic nitrogens is 3. The normalized spacial score (nSPS) is 14.6. The summed E-state index contributed by atoms with van der Waals surface area (Å²) in [5.74, 6) is -0.412. The smallest absolute Gasteiger partial charge is 0.260 e. The first-order valence-electron chi connectivity index (χ1n) is 10.9. The molecule has 0 radical (unpaired) electrons. The molecule has 0 bridgehead atoms. The number of hydrogen-bond donors (Lipinski definition) is 3. The lowest BCUT2D eigenvalue weighted by atomic mass is 10.0. The molecule has 0 saturated carbocycles. The molecule has 0 aliphatic carbocycles. The van der Waals surface area contributed by atoms with E-state index in [0.29, 0.717) is 16.6 Å². The van der Waals surface area contributed by atoms with E-state index in [4.69, 9.17) is 0 Å². The summed E-state index contributed by atoms with van der Waals surface area (Å²) in [5.41, 5.74) is 0.992. The van der Waals surface area contributed by atoms with Crippen LogP contribution in [0.5, 0.6) is 5.75 Å². The molecular formula is C25H19N9O2. The fourth-order valence-corrected chi connectivity index (χ4v) is 3.69. The summed E-state index contributed by atoms with van der Waals surface area (Å²) in [6, 6.07) is 16.0. The molecule has 2 aromatic carbocycles. The lowest BCUT2D eigenvalue weighted by Crippen LogP contribution is -2.23. The number of nitrogens with one attached hydrogen (secondary N) is 2. The van der Waals surface area contributed by atoms with Gasteiger partial charge < -0.3 is 15.7 Å². The summed E-state index contributed by atoms with van der Waals surface area (Å²) in [7, 11) is 0. The molecule has 0 spiro atoms. The molecule has 1 aliphatic rings. The number of hydrogen-bond acceptors (Lipinski definition) is 9. The first-order chi connectivity index (χ1) is 17.5. The van der Waals surface area contributed by atoms with Gasteiger partial charge in [0, 0.05) is 23.5 Å². The number of anilines is 1. The molecule has 3 heterocycles. The van der Waals surface area contributed by atoms with Gasteiger partial charge in [-0.2, -0.15) is 10.4 Å². The van der Waals surface area contributed by atoms with E-state index in [1.54, 1.807) is 54.9 Å². The largest absolute Gasteiger partial charge is 0.505 e. The third-order valence-corrected chi connectivity index (χ3v) is 5.39. The number of pyridine rings is 1. The molecule has 36 heavy (non-hydrogen) atoms. The zero-order valence-electron chi connectivity index (χ0n) is 19.0. The van der Waals surface area contributed by atoms with E-state index < -0.39 is 12.2 Å². The third kappa shape index (κ3) is 4.26. The van der Waals surface area contributed by atoms with E-state index in [1.165, 1.54) is 10.9 Å². The van der Waals surface area contributed by atoms with E-state index >= 15 is 0 Å². The lowest BCUT2D eigenvalue weighted by molar-refractivity contribution is 0.102. The first-order valence-corrected chi connectivity index (χ1v) is 10.9. The Balaban J connectivity index is 1.58. The van der Waals surface area contributed by atoms with Crippen LogP contribution in [-0.2, 0) is 0 Å². The Kier molecular flexibility index (Phi) is 5.90. The number of aliphatic imine (C=N–C) groups is 1. The molecule has 11 heteroatoms. The van der Waals surface area contributed by atoms with Crippen molar-refractivity contribution in [1.29, 1.82) is 5.26 Å². The molecule has 2 aromatic heterocycles. The SMILES string of the molecule is Cc1cccc(NC(=O)c2cc3ccccc3c(N=Nc3c(C#N)cnn3C3N=CC=CN3)c2O)n1. The Hall–Kier alpha value is -5.37. The predicted molar refractivity (Wildman–Crippen MR) is 133 cm³/mol. The maximum atomic E-state index is 13.1. The molecule has 0 fully saturated rings. The van der Waals surface area contributed by atoms with Gasteiger partial charge in [-0.15, -0.1) is 10.2 Å². The number of phenols is 1. The number of azo groups is 1. The van der Waals surface area contributed by atoms with Gasteiger partial charge in [-0.1, -0.05) is 30.3 Å². The fraction of sp³-hybridized carbons (Fsp3) is 0.0800. The van der Waals surface area contributed by atoms with E-state index in [0.717, 1.165) is 5.69 Å². The van der Waals surface area contributed by atoms with E-state index in [-0.39, 0.29) is 28.4 Å². The van der Waals surface area contributed by atoms with Crippen molar-refractivity contribution in [3.05, 3.63) is 83.8 Å². The highest BCUT2D eigenvalue weighted by Gasteiger charge is 2.21. The molecule has 1 unspecified atom stereocenters. The molecule has 1 amide bonds. The number of phenolic OH excluding ortho intramolecular Hbond substituents is 1. The summed E-state index contributed by atoms with van der Waals surface area (Å²) >= 11 is 0. The number of aromatic hydroxyl groups is 1. The molecule has 5 rings (SSSR count). The number of allylic oxidation sites excluding steroid dienone is 1. The predicted octanol–water partition coefficient (Wildman–Crippen LogP) is 4.63. The topological polar surface area (TPSA) is 153 Å². The van der Waals surface area contributed by atoms with Crippen LogP contribution in [0.25, 0.3) is 10.8 Å². The lowest BCUT2D eigenvalue weighted by Gasteiger charge is -2.16. The maximum absolute atomic E-state index is 13.1. The van der Waals surface area contributed by atoms with Gasteiger partial charge >= 0.3 is 0 Å². The number of benzene rings is 2. The van der Waals surface area contributed by atoms with Crippen molar-refractivity contribution in [3.63, 3.8) is 0 Å². The minimum atomic E-state index is -0.615. The summed E-state index contributed by atoms with van der Waals surface area (Å²) in [6.07, 6.45) is 5.76. The van der Waals surface area contributed by atoms with E-state index in [1.807, 2.05) is 25.1 Å². The molecule has 1 atom stereocenters. The summed E-state index contributed by atoms with van der Waals surface area (Å²) < 4.78 is 1.40. The number of carbonyl (C=O) groups is 1. The highest BCUT2D eigenvalue weighted by atomic mass is 16.3. The second kappa shape index (κ2) is 9.47. The molecule has 11 nitrogen and oxygen atoms in total.